The molecule has 3 N–H and O–H groups in total. The van der Waals surface area contributed by atoms with Crippen molar-refractivity contribution in [1.82, 2.24) is 4.90 Å². The van der Waals surface area contributed by atoms with E-state index in [1.165, 1.54) is 6.92 Å². The number of para-hydroxylation sites is 1. The first kappa shape index (κ1) is 56.7. The first-order valence-corrected chi connectivity index (χ1v) is 31.0. The van der Waals surface area contributed by atoms with Crippen LogP contribution in [0, 0.1) is 23.7 Å². The van der Waals surface area contributed by atoms with E-state index in [-0.39, 0.29) is 31.4 Å². The van der Waals surface area contributed by atoms with E-state index in [1.54, 1.807) is 46.9 Å². The van der Waals surface area contributed by atoms with Gasteiger partial charge in [0.1, 0.15) is 23.9 Å². The number of hydrogen-bond donors (Lipinski definition) is 3. The van der Waals surface area contributed by atoms with Crippen LogP contribution in [0.5, 0.6) is 5.75 Å². The number of hydrogen-bond acceptors (Lipinski definition) is 15. The molecule has 18 atom stereocenters. The van der Waals surface area contributed by atoms with Gasteiger partial charge >= 0.3 is 5.97 Å². The van der Waals surface area contributed by atoms with Gasteiger partial charge in [-0.05, 0) is 126 Å². The molecular formula is C49H88N2O13Si2. The van der Waals surface area contributed by atoms with Crippen LogP contribution in [0.15, 0.2) is 35.5 Å². The minimum Gasteiger partial charge on any atom is -0.459 e. The smallest absolute Gasteiger partial charge is 0.311 e. The predicted octanol–water partition coefficient (Wildman–Crippen LogP) is 7.37. The third-order valence-corrected chi connectivity index (χ3v) is 15.9. The minimum atomic E-state index is -2.20. The van der Waals surface area contributed by atoms with Crippen LogP contribution in [0.3, 0.4) is 0 Å². The molecule has 4 rings (SSSR count). The van der Waals surface area contributed by atoms with Crippen LogP contribution in [0.2, 0.25) is 39.3 Å². The van der Waals surface area contributed by atoms with Crippen molar-refractivity contribution in [3.8, 4) is 5.75 Å². The van der Waals surface area contributed by atoms with Gasteiger partial charge in [0.25, 0.3) is 0 Å². The summed E-state index contributed by atoms with van der Waals surface area (Å²) in [5.74, 6) is -3.02. The lowest BCUT2D eigenvalue weighted by molar-refractivity contribution is -0.315. The molecule has 3 heterocycles. The molecule has 380 valence electrons. The SMILES string of the molecule is CC[C@@H]1OC(=O)[C@H](C)[C@@H](O[C@H]2C[C@@](C)(O[Si](C)(C)C)[C@@H](O)[C@H](C)O2)[C@H](C)[C@@H](O[C@H]2O[C@H](C)C[C@H](N(C)C)[C@H]2O[Si](C)(C)C)[C@](C)(OC)C[C@H](C)/C(=N\Oc2ccccc2)[C@@H](C)[C@@H](O)[C@]1(C)O. The number of benzene rings is 1. The van der Waals surface area contributed by atoms with E-state index in [0.717, 1.165) is 6.42 Å². The zero-order valence-corrected chi connectivity index (χ0v) is 45.7. The Morgan fingerprint density at radius 2 is 1.45 bits per heavy atom. The number of aliphatic hydroxyl groups is 3. The molecule has 3 fully saturated rings. The monoisotopic (exact) mass is 969 g/mol. The molecule has 15 nitrogen and oxygen atoms in total. The predicted molar refractivity (Wildman–Crippen MR) is 260 cm³/mol. The van der Waals surface area contributed by atoms with Crippen LogP contribution < -0.4 is 4.84 Å². The fourth-order valence-corrected chi connectivity index (χ4v) is 13.2. The fourth-order valence-electron chi connectivity index (χ4n) is 10.5. The van der Waals surface area contributed by atoms with Gasteiger partial charge in [0.15, 0.2) is 35.0 Å². The molecule has 0 bridgehead atoms. The topological polar surface area (TPSA) is 176 Å². The van der Waals surface area contributed by atoms with E-state index in [2.05, 4.69) is 44.2 Å². The Hall–Kier alpha value is -1.85. The Kier molecular flexibility index (Phi) is 19.3. The van der Waals surface area contributed by atoms with Crippen molar-refractivity contribution < 1.29 is 62.2 Å². The number of ether oxygens (including phenoxy) is 6. The van der Waals surface area contributed by atoms with Crippen molar-refractivity contribution in [3.63, 3.8) is 0 Å². The maximum atomic E-state index is 14.8. The second-order valence-electron chi connectivity index (χ2n) is 22.4. The van der Waals surface area contributed by atoms with Crippen LogP contribution in [0.25, 0.3) is 0 Å². The number of rotatable bonds is 13. The highest BCUT2D eigenvalue weighted by Gasteiger charge is 2.55. The van der Waals surface area contributed by atoms with Gasteiger partial charge in [0.05, 0.1) is 53.4 Å². The van der Waals surface area contributed by atoms with Gasteiger partial charge in [0, 0.05) is 37.3 Å². The molecule has 1 aromatic carbocycles. The summed E-state index contributed by atoms with van der Waals surface area (Å²) in [5, 5.41) is 40.6. The van der Waals surface area contributed by atoms with Gasteiger partial charge in [-0.15, -0.1) is 0 Å². The highest BCUT2D eigenvalue weighted by molar-refractivity contribution is 6.70. The Bertz CT molecular complexity index is 1730. The second kappa shape index (κ2) is 22.5. The Morgan fingerprint density at radius 3 is 2.00 bits per heavy atom. The van der Waals surface area contributed by atoms with Gasteiger partial charge in [-0.1, -0.05) is 51.0 Å². The number of esters is 1. The van der Waals surface area contributed by atoms with E-state index in [0.29, 0.717) is 11.5 Å². The van der Waals surface area contributed by atoms with Crippen LogP contribution in [-0.2, 0) is 42.1 Å². The van der Waals surface area contributed by atoms with Crippen molar-refractivity contribution >= 4 is 28.3 Å². The lowest BCUT2D eigenvalue weighted by Crippen LogP contribution is -2.63. The molecule has 0 amide bonds. The fraction of sp³-hybridized carbons (Fsp3) is 0.837. The Labute approximate surface area is 398 Å². The molecular weight excluding hydrogens is 881 g/mol. The van der Waals surface area contributed by atoms with E-state index in [4.69, 9.17) is 47.3 Å². The molecule has 0 radical (unpaired) electrons. The molecule has 0 unspecified atom stereocenters. The summed E-state index contributed by atoms with van der Waals surface area (Å²) in [5.41, 5.74) is -3.65. The molecule has 1 aromatic rings. The number of oxime groups is 1. The van der Waals surface area contributed by atoms with Crippen molar-refractivity contribution in [2.45, 2.75) is 218 Å². The number of carbonyl (C=O) groups is 1. The molecule has 3 aliphatic heterocycles. The summed E-state index contributed by atoms with van der Waals surface area (Å²) >= 11 is 0. The van der Waals surface area contributed by atoms with Crippen LogP contribution >= 0.6 is 0 Å². The standard InChI is InChI=1S/C49H88N2O13Si2/c1-20-37-49(10,55)42(52)31(4)39(50-62-35-24-22-21-23-25-35)29(2)27-48(9,56-13)44(61-46-41(63-65(14,15)16)36(51(11)12)26-30(3)57-46)32(5)40(33(6)45(54)59-37)60-38-28-47(8,64-66(17,18)19)43(53)34(7)58-38/h21-25,29-34,36-38,40-44,46,52-53,55H,20,26-28H2,1-19H3/b50-39+/t29-,30+,31+,32-,33+,34-,36-,37-,38-,40-,41+,42+,43-,44+,46+,47+,48+,49+/m0/s1. The van der Waals surface area contributed by atoms with E-state index >= 15 is 0 Å². The number of cyclic esters (lactones) is 1. The highest BCUT2D eigenvalue weighted by atomic mass is 28.4. The van der Waals surface area contributed by atoms with Crippen LogP contribution in [0.4, 0.5) is 0 Å². The number of nitrogens with zero attached hydrogens (tertiary/aromatic N) is 2. The van der Waals surface area contributed by atoms with Crippen LogP contribution in [0.1, 0.15) is 94.9 Å². The van der Waals surface area contributed by atoms with Gasteiger partial charge in [-0.25, -0.2) is 0 Å². The Morgan fingerprint density at radius 1 is 0.833 bits per heavy atom. The van der Waals surface area contributed by atoms with Gasteiger partial charge < -0.3 is 62.3 Å². The molecule has 66 heavy (non-hydrogen) atoms. The summed E-state index contributed by atoms with van der Waals surface area (Å²) in [6.07, 6.45) is -7.10. The molecule has 17 heteroatoms. The molecule has 0 spiro atoms. The van der Waals surface area contributed by atoms with Gasteiger partial charge in [-0.3, -0.25) is 4.79 Å². The van der Waals surface area contributed by atoms with Gasteiger partial charge in [-0.2, -0.15) is 0 Å². The first-order chi connectivity index (χ1) is 30.4. The number of methoxy groups -OCH3 is 1. The van der Waals surface area contributed by atoms with Crippen molar-refractivity contribution in [3.05, 3.63) is 30.3 Å². The largest absolute Gasteiger partial charge is 0.459 e. The maximum absolute atomic E-state index is 14.8. The van der Waals surface area contributed by atoms with Gasteiger partial charge in [0.2, 0.25) is 0 Å². The third-order valence-electron chi connectivity index (χ3n) is 13.8. The van der Waals surface area contributed by atoms with Crippen LogP contribution in [-0.4, -0.2) is 154 Å². The Balaban J connectivity index is 1.98. The minimum absolute atomic E-state index is 0.0458. The van der Waals surface area contributed by atoms with Crippen molar-refractivity contribution in [1.29, 1.82) is 0 Å². The number of likely N-dealkylation sites (N-methyl/N-ethyl adjacent to an activating group) is 1. The maximum Gasteiger partial charge on any atom is 0.311 e. The summed E-state index contributed by atoms with van der Waals surface area (Å²) in [4.78, 5) is 23.0. The zero-order valence-electron chi connectivity index (χ0n) is 43.7. The second-order valence-corrected chi connectivity index (χ2v) is 31.3. The van der Waals surface area contributed by atoms with Crippen molar-refractivity contribution in [2.75, 3.05) is 21.2 Å². The average Bonchev–Trinajstić information content (AvgIpc) is 3.21. The summed E-state index contributed by atoms with van der Waals surface area (Å²) < 4.78 is 54.3. The molecule has 0 saturated carbocycles. The quantitative estimate of drug-likeness (QED) is 0.102. The highest BCUT2D eigenvalue weighted by Crippen LogP contribution is 2.43. The van der Waals surface area contributed by atoms with Crippen molar-refractivity contribution in [2.24, 2.45) is 28.8 Å². The van der Waals surface area contributed by atoms with E-state index < -0.39 is 118 Å². The third kappa shape index (κ3) is 13.9. The van der Waals surface area contributed by atoms with E-state index in [9.17, 15) is 20.1 Å². The molecule has 0 aliphatic carbocycles. The lowest BCUT2D eigenvalue weighted by atomic mass is 9.73. The molecule has 0 aromatic heterocycles. The lowest BCUT2D eigenvalue weighted by Gasteiger charge is -2.51. The first-order valence-electron chi connectivity index (χ1n) is 24.2. The average molecular weight is 969 g/mol. The summed E-state index contributed by atoms with van der Waals surface area (Å²) in [6.45, 7) is 31.1. The summed E-state index contributed by atoms with van der Waals surface area (Å²) in [7, 11) is 1.31. The number of carbonyl (C=O) groups excluding carboxylic acids is 1. The zero-order chi connectivity index (χ0) is 49.9. The van der Waals surface area contributed by atoms with E-state index in [1.807, 2.05) is 66.9 Å². The normalized spacial score (nSPS) is 42.2. The molecule has 3 aliphatic rings. The number of aliphatic hydroxyl groups excluding tert-OH is 2. The molecule has 3 saturated heterocycles. The summed E-state index contributed by atoms with van der Waals surface area (Å²) in [6, 6.07) is 9.09.